The number of anilines is 1. The van der Waals surface area contributed by atoms with Gasteiger partial charge in [-0.05, 0) is 61.7 Å². The number of benzene rings is 1. The van der Waals surface area contributed by atoms with Gasteiger partial charge in [-0.3, -0.25) is 10.9 Å². The van der Waals surface area contributed by atoms with Crippen molar-refractivity contribution in [2.24, 2.45) is 0 Å². The van der Waals surface area contributed by atoms with Gasteiger partial charge in [-0.15, -0.1) is 0 Å². The van der Waals surface area contributed by atoms with Crippen LogP contribution in [-0.4, -0.2) is 23.7 Å². The summed E-state index contributed by atoms with van der Waals surface area (Å²) in [6.07, 6.45) is 3.23. The summed E-state index contributed by atoms with van der Waals surface area (Å²) < 4.78 is 0. The van der Waals surface area contributed by atoms with Crippen molar-refractivity contribution in [3.8, 4) is 0 Å². The van der Waals surface area contributed by atoms with E-state index in [9.17, 15) is 0 Å². The molecule has 0 atom stereocenters. The van der Waals surface area contributed by atoms with Gasteiger partial charge in [-0.2, -0.15) is 11.8 Å². The SMILES string of the molecule is CSCCCNC(=S)NNc1cc(C)ccc1C. The van der Waals surface area contributed by atoms with Crippen molar-refractivity contribution in [1.82, 2.24) is 10.7 Å². The predicted octanol–water partition coefficient (Wildman–Crippen LogP) is 2.85. The van der Waals surface area contributed by atoms with Crippen LogP contribution in [0.1, 0.15) is 17.5 Å². The number of aryl methyl sites for hydroxylation is 2. The Morgan fingerprint density at radius 3 is 2.83 bits per heavy atom. The lowest BCUT2D eigenvalue weighted by Crippen LogP contribution is -2.39. The van der Waals surface area contributed by atoms with Gasteiger partial charge in [0.05, 0.1) is 5.69 Å². The van der Waals surface area contributed by atoms with E-state index < -0.39 is 0 Å². The van der Waals surface area contributed by atoms with Crippen molar-refractivity contribution < 1.29 is 0 Å². The number of nitrogens with one attached hydrogen (secondary N) is 3. The van der Waals surface area contributed by atoms with Gasteiger partial charge in [0.2, 0.25) is 0 Å². The number of hydrazine groups is 1. The quantitative estimate of drug-likeness (QED) is 0.425. The van der Waals surface area contributed by atoms with Crippen molar-refractivity contribution >= 4 is 34.8 Å². The summed E-state index contributed by atoms with van der Waals surface area (Å²) in [5.74, 6) is 1.15. The highest BCUT2D eigenvalue weighted by Gasteiger charge is 1.99. The van der Waals surface area contributed by atoms with E-state index >= 15 is 0 Å². The van der Waals surface area contributed by atoms with Gasteiger partial charge >= 0.3 is 0 Å². The molecule has 0 aliphatic carbocycles. The lowest BCUT2D eigenvalue weighted by atomic mass is 10.1. The second kappa shape index (κ2) is 8.21. The van der Waals surface area contributed by atoms with Crippen LogP contribution >= 0.6 is 24.0 Å². The van der Waals surface area contributed by atoms with Gasteiger partial charge in [0.25, 0.3) is 0 Å². The fourth-order valence-corrected chi connectivity index (χ4v) is 2.04. The predicted molar refractivity (Wildman–Crippen MR) is 86.3 cm³/mol. The zero-order chi connectivity index (χ0) is 13.4. The summed E-state index contributed by atoms with van der Waals surface area (Å²) in [5, 5.41) is 3.80. The summed E-state index contributed by atoms with van der Waals surface area (Å²) in [7, 11) is 0. The Bertz CT molecular complexity index is 394. The van der Waals surface area contributed by atoms with E-state index in [1.165, 1.54) is 11.1 Å². The van der Waals surface area contributed by atoms with Crippen molar-refractivity contribution in [3.05, 3.63) is 29.3 Å². The maximum absolute atomic E-state index is 5.19. The third-order valence-corrected chi connectivity index (χ3v) is 3.46. The smallest absolute Gasteiger partial charge is 0.185 e. The average Bonchev–Trinajstić information content (AvgIpc) is 2.36. The van der Waals surface area contributed by atoms with Gasteiger partial charge in [0.1, 0.15) is 0 Å². The molecule has 0 fully saturated rings. The third kappa shape index (κ3) is 5.60. The standard InChI is InChI=1S/C13H21N3S2/c1-10-5-6-11(2)12(9-10)15-16-13(17)14-7-4-8-18-3/h5-6,9,15H,4,7-8H2,1-3H3,(H2,14,16,17). The molecular weight excluding hydrogens is 262 g/mol. The molecule has 1 aromatic carbocycles. The minimum absolute atomic E-state index is 0.636. The summed E-state index contributed by atoms with van der Waals surface area (Å²) in [6.45, 7) is 5.04. The fraction of sp³-hybridized carbons (Fsp3) is 0.462. The van der Waals surface area contributed by atoms with E-state index in [1.54, 1.807) is 0 Å². The molecule has 0 aromatic heterocycles. The van der Waals surface area contributed by atoms with Crippen LogP contribution in [0, 0.1) is 13.8 Å². The van der Waals surface area contributed by atoms with Crippen LogP contribution in [0.4, 0.5) is 5.69 Å². The second-order valence-electron chi connectivity index (χ2n) is 4.17. The van der Waals surface area contributed by atoms with Crippen LogP contribution in [-0.2, 0) is 0 Å². The Balaban J connectivity index is 2.31. The summed E-state index contributed by atoms with van der Waals surface area (Å²) in [6, 6.07) is 6.28. The Morgan fingerprint density at radius 2 is 2.11 bits per heavy atom. The topological polar surface area (TPSA) is 36.1 Å². The third-order valence-electron chi connectivity index (χ3n) is 2.51. The van der Waals surface area contributed by atoms with E-state index in [4.69, 9.17) is 12.2 Å². The van der Waals surface area contributed by atoms with Crippen LogP contribution in [0.2, 0.25) is 0 Å². The maximum atomic E-state index is 5.19. The first-order chi connectivity index (χ1) is 8.63. The second-order valence-corrected chi connectivity index (χ2v) is 5.56. The zero-order valence-electron chi connectivity index (χ0n) is 11.2. The summed E-state index contributed by atoms with van der Waals surface area (Å²) >= 11 is 7.04. The first-order valence-electron chi connectivity index (χ1n) is 5.99. The van der Waals surface area contributed by atoms with Crippen molar-refractivity contribution in [2.75, 3.05) is 24.0 Å². The molecule has 0 spiro atoms. The molecule has 1 aromatic rings. The van der Waals surface area contributed by atoms with Gasteiger partial charge in [0, 0.05) is 6.54 Å². The molecule has 1 rings (SSSR count). The highest BCUT2D eigenvalue weighted by molar-refractivity contribution is 7.98. The molecule has 3 nitrogen and oxygen atoms in total. The van der Waals surface area contributed by atoms with Crippen LogP contribution < -0.4 is 16.2 Å². The monoisotopic (exact) mass is 283 g/mol. The average molecular weight is 283 g/mol. The maximum Gasteiger partial charge on any atom is 0.185 e. The van der Waals surface area contributed by atoms with Crippen LogP contribution in [0.25, 0.3) is 0 Å². The van der Waals surface area contributed by atoms with Gasteiger partial charge in [-0.25, -0.2) is 0 Å². The molecule has 0 unspecified atom stereocenters. The Kier molecular flexibility index (Phi) is 6.90. The van der Waals surface area contributed by atoms with E-state index in [1.807, 2.05) is 11.8 Å². The van der Waals surface area contributed by atoms with Crippen LogP contribution in [0.3, 0.4) is 0 Å². The molecule has 0 amide bonds. The number of hydrogen-bond donors (Lipinski definition) is 3. The molecule has 0 aliphatic heterocycles. The highest BCUT2D eigenvalue weighted by Crippen LogP contribution is 2.14. The molecule has 0 radical (unpaired) electrons. The fourth-order valence-electron chi connectivity index (χ4n) is 1.46. The summed E-state index contributed by atoms with van der Waals surface area (Å²) in [5.41, 5.74) is 9.62. The molecule has 18 heavy (non-hydrogen) atoms. The van der Waals surface area contributed by atoms with E-state index in [0.717, 1.165) is 24.4 Å². The first kappa shape index (κ1) is 15.1. The molecule has 0 saturated heterocycles. The first-order valence-corrected chi connectivity index (χ1v) is 7.79. The van der Waals surface area contributed by atoms with Gasteiger partial charge < -0.3 is 5.32 Å². The minimum Gasteiger partial charge on any atom is -0.361 e. The van der Waals surface area contributed by atoms with Crippen molar-refractivity contribution in [3.63, 3.8) is 0 Å². The normalized spacial score (nSPS) is 9.94. The molecule has 5 heteroatoms. The number of thiocarbonyl (C=S) groups is 1. The molecule has 0 aliphatic rings. The minimum atomic E-state index is 0.636. The van der Waals surface area contributed by atoms with Crippen LogP contribution in [0.15, 0.2) is 18.2 Å². The van der Waals surface area contributed by atoms with Gasteiger partial charge in [-0.1, -0.05) is 12.1 Å². The lowest BCUT2D eigenvalue weighted by Gasteiger charge is -2.14. The van der Waals surface area contributed by atoms with E-state index in [2.05, 4.69) is 54.5 Å². The number of hydrogen-bond acceptors (Lipinski definition) is 3. The Labute approximate surface area is 119 Å². The molecule has 3 N–H and O–H groups in total. The largest absolute Gasteiger partial charge is 0.361 e. The lowest BCUT2D eigenvalue weighted by molar-refractivity contribution is 0.833. The number of rotatable bonds is 6. The Hall–Kier alpha value is -0.940. The molecular formula is C13H21N3S2. The molecule has 0 saturated carbocycles. The highest BCUT2D eigenvalue weighted by atomic mass is 32.2. The number of thioether (sulfide) groups is 1. The van der Waals surface area contributed by atoms with Crippen molar-refractivity contribution in [2.45, 2.75) is 20.3 Å². The van der Waals surface area contributed by atoms with Crippen LogP contribution in [0.5, 0.6) is 0 Å². The van der Waals surface area contributed by atoms with E-state index in [0.29, 0.717) is 5.11 Å². The van der Waals surface area contributed by atoms with Gasteiger partial charge in [0.15, 0.2) is 5.11 Å². The van der Waals surface area contributed by atoms with E-state index in [-0.39, 0.29) is 0 Å². The van der Waals surface area contributed by atoms with Crippen molar-refractivity contribution in [1.29, 1.82) is 0 Å². The zero-order valence-corrected chi connectivity index (χ0v) is 12.8. The Morgan fingerprint density at radius 1 is 1.33 bits per heavy atom. The molecule has 100 valence electrons. The molecule has 0 heterocycles. The summed E-state index contributed by atoms with van der Waals surface area (Å²) in [4.78, 5) is 0. The molecule has 0 bridgehead atoms.